The van der Waals surface area contributed by atoms with Crippen LogP contribution in [-0.4, -0.2) is 5.11 Å². The van der Waals surface area contributed by atoms with Gasteiger partial charge in [0.15, 0.2) is 0 Å². The van der Waals surface area contributed by atoms with Crippen LogP contribution in [0.4, 0.5) is 4.39 Å². The summed E-state index contributed by atoms with van der Waals surface area (Å²) in [6, 6.07) is 9.82. The molecule has 0 unspecified atom stereocenters. The maximum Gasteiger partial charge on any atom is 0.141 e. The summed E-state index contributed by atoms with van der Waals surface area (Å²) in [4.78, 5) is 0. The first kappa shape index (κ1) is 14.5. The Morgan fingerprint density at radius 1 is 1.11 bits per heavy atom. The van der Waals surface area contributed by atoms with E-state index in [1.807, 2.05) is 0 Å². The molecular formula is C14H11Br2FO2. The van der Waals surface area contributed by atoms with E-state index in [1.54, 1.807) is 37.3 Å². The van der Waals surface area contributed by atoms with Crippen molar-refractivity contribution in [2.24, 2.45) is 0 Å². The Morgan fingerprint density at radius 2 is 1.84 bits per heavy atom. The molecule has 2 aromatic carbocycles. The lowest BCUT2D eigenvalue weighted by Gasteiger charge is -2.11. The van der Waals surface area contributed by atoms with Crippen LogP contribution in [0.1, 0.15) is 18.6 Å². The normalized spacial score (nSPS) is 12.3. The summed E-state index contributed by atoms with van der Waals surface area (Å²) in [6.45, 7) is 1.69. The zero-order valence-electron chi connectivity index (χ0n) is 10.0. The Labute approximate surface area is 127 Å². The molecule has 2 nitrogen and oxygen atoms in total. The van der Waals surface area contributed by atoms with Crippen molar-refractivity contribution in [2.45, 2.75) is 13.0 Å². The molecule has 0 heterocycles. The van der Waals surface area contributed by atoms with E-state index >= 15 is 0 Å². The van der Waals surface area contributed by atoms with Gasteiger partial charge in [-0.15, -0.1) is 0 Å². The van der Waals surface area contributed by atoms with Gasteiger partial charge in [0.2, 0.25) is 0 Å². The summed E-state index contributed by atoms with van der Waals surface area (Å²) in [6.07, 6.45) is -0.546. The minimum Gasteiger partial charge on any atom is -0.456 e. The predicted molar refractivity (Wildman–Crippen MR) is 78.9 cm³/mol. The van der Waals surface area contributed by atoms with Crippen molar-refractivity contribution in [3.8, 4) is 11.5 Å². The van der Waals surface area contributed by atoms with Crippen molar-refractivity contribution < 1.29 is 14.2 Å². The fraction of sp³-hybridized carbons (Fsp3) is 0.143. The molecule has 0 fully saturated rings. The maximum absolute atomic E-state index is 13.4. The minimum absolute atomic E-state index is 0.380. The predicted octanol–water partition coefficient (Wildman–Crippen LogP) is 5.20. The summed E-state index contributed by atoms with van der Waals surface area (Å²) >= 11 is 6.45. The van der Waals surface area contributed by atoms with Crippen molar-refractivity contribution in [3.63, 3.8) is 0 Å². The van der Waals surface area contributed by atoms with Crippen molar-refractivity contribution in [1.29, 1.82) is 0 Å². The third-order valence-electron chi connectivity index (χ3n) is 2.56. The Bertz CT molecular complexity index is 600. The van der Waals surface area contributed by atoms with Gasteiger partial charge in [0.05, 0.1) is 15.0 Å². The van der Waals surface area contributed by atoms with Crippen LogP contribution in [-0.2, 0) is 0 Å². The van der Waals surface area contributed by atoms with Gasteiger partial charge in [-0.2, -0.15) is 0 Å². The van der Waals surface area contributed by atoms with Crippen LogP contribution in [0, 0.1) is 5.82 Å². The molecule has 2 rings (SSSR count). The monoisotopic (exact) mass is 388 g/mol. The number of benzene rings is 2. The Hall–Kier alpha value is -0.910. The largest absolute Gasteiger partial charge is 0.456 e. The Morgan fingerprint density at radius 3 is 2.42 bits per heavy atom. The van der Waals surface area contributed by atoms with Crippen LogP contribution < -0.4 is 4.74 Å². The van der Waals surface area contributed by atoms with E-state index in [4.69, 9.17) is 4.74 Å². The van der Waals surface area contributed by atoms with Gasteiger partial charge in [-0.05, 0) is 68.6 Å². The molecule has 0 saturated heterocycles. The zero-order valence-corrected chi connectivity index (χ0v) is 13.2. The molecule has 0 aromatic heterocycles. The van der Waals surface area contributed by atoms with Gasteiger partial charge < -0.3 is 9.84 Å². The second kappa shape index (κ2) is 6.03. The van der Waals surface area contributed by atoms with E-state index in [9.17, 15) is 9.50 Å². The van der Waals surface area contributed by atoms with Gasteiger partial charge >= 0.3 is 0 Å². The SMILES string of the molecule is C[C@@H](O)c1ccc(Oc2ccc(Br)c(F)c2)c(Br)c1. The molecule has 0 saturated carbocycles. The standard InChI is InChI=1S/C14H11Br2FO2/c1-8(18)9-2-5-14(12(16)6-9)19-10-3-4-11(15)13(17)7-10/h2-8,18H,1H3/t8-/m1/s1. The third-order valence-corrected chi connectivity index (χ3v) is 3.82. The third kappa shape index (κ3) is 3.55. The summed E-state index contributed by atoms with van der Waals surface area (Å²) in [5.41, 5.74) is 0.779. The Balaban J connectivity index is 2.25. The highest BCUT2D eigenvalue weighted by molar-refractivity contribution is 9.10. The van der Waals surface area contributed by atoms with Crippen LogP contribution >= 0.6 is 31.9 Å². The first-order chi connectivity index (χ1) is 8.97. The topological polar surface area (TPSA) is 29.5 Å². The van der Waals surface area contributed by atoms with E-state index in [-0.39, 0.29) is 5.82 Å². The van der Waals surface area contributed by atoms with E-state index < -0.39 is 6.10 Å². The fourth-order valence-electron chi connectivity index (χ4n) is 1.53. The summed E-state index contributed by atoms with van der Waals surface area (Å²) in [7, 11) is 0. The smallest absolute Gasteiger partial charge is 0.141 e. The average Bonchev–Trinajstić information content (AvgIpc) is 2.36. The molecule has 5 heteroatoms. The zero-order chi connectivity index (χ0) is 14.0. The second-order valence-electron chi connectivity index (χ2n) is 4.04. The second-order valence-corrected chi connectivity index (χ2v) is 5.75. The van der Waals surface area contributed by atoms with Gasteiger partial charge in [0, 0.05) is 6.07 Å². The number of aliphatic hydroxyl groups excluding tert-OH is 1. The summed E-state index contributed by atoms with van der Waals surface area (Å²) in [5.74, 6) is 0.589. The minimum atomic E-state index is -0.546. The van der Waals surface area contributed by atoms with Gasteiger partial charge in [-0.1, -0.05) is 6.07 Å². The first-order valence-electron chi connectivity index (χ1n) is 5.58. The molecule has 0 amide bonds. The number of hydrogen-bond donors (Lipinski definition) is 1. The highest BCUT2D eigenvalue weighted by Crippen LogP contribution is 2.33. The number of rotatable bonds is 3. The number of halogens is 3. The Kier molecular flexibility index (Phi) is 4.60. The molecule has 1 atom stereocenters. The highest BCUT2D eigenvalue weighted by atomic mass is 79.9. The van der Waals surface area contributed by atoms with Crippen LogP contribution in [0.25, 0.3) is 0 Å². The average molecular weight is 390 g/mol. The lowest BCUT2D eigenvalue weighted by atomic mass is 10.1. The summed E-state index contributed by atoms with van der Waals surface area (Å²) in [5, 5.41) is 9.48. The molecule has 0 aliphatic heterocycles. The molecule has 0 bridgehead atoms. The molecule has 1 N–H and O–H groups in total. The van der Waals surface area contributed by atoms with Gasteiger partial charge in [0.1, 0.15) is 17.3 Å². The van der Waals surface area contributed by atoms with Gasteiger partial charge in [-0.25, -0.2) is 4.39 Å². The van der Waals surface area contributed by atoms with Crippen molar-refractivity contribution in [1.82, 2.24) is 0 Å². The molecule has 2 aromatic rings. The molecule has 19 heavy (non-hydrogen) atoms. The lowest BCUT2D eigenvalue weighted by Crippen LogP contribution is -1.92. The number of hydrogen-bond acceptors (Lipinski definition) is 2. The van der Waals surface area contributed by atoms with E-state index in [2.05, 4.69) is 31.9 Å². The van der Waals surface area contributed by atoms with E-state index in [0.717, 1.165) is 5.56 Å². The first-order valence-corrected chi connectivity index (χ1v) is 7.16. The number of ether oxygens (including phenoxy) is 1. The molecule has 0 aliphatic carbocycles. The van der Waals surface area contributed by atoms with Gasteiger partial charge in [0.25, 0.3) is 0 Å². The molecule has 0 aliphatic rings. The van der Waals surface area contributed by atoms with Crippen LogP contribution in [0.5, 0.6) is 11.5 Å². The van der Waals surface area contributed by atoms with Crippen molar-refractivity contribution in [2.75, 3.05) is 0 Å². The van der Waals surface area contributed by atoms with Crippen LogP contribution in [0.15, 0.2) is 45.3 Å². The van der Waals surface area contributed by atoms with Gasteiger partial charge in [-0.3, -0.25) is 0 Å². The quantitative estimate of drug-likeness (QED) is 0.781. The molecule has 0 spiro atoms. The molecule has 0 radical (unpaired) electrons. The summed E-state index contributed by atoms with van der Waals surface area (Å²) < 4.78 is 20.1. The van der Waals surface area contributed by atoms with Crippen LogP contribution in [0.3, 0.4) is 0 Å². The fourth-order valence-corrected chi connectivity index (χ4v) is 2.25. The van der Waals surface area contributed by atoms with Crippen molar-refractivity contribution >= 4 is 31.9 Å². The number of aliphatic hydroxyl groups is 1. The molecule has 100 valence electrons. The van der Waals surface area contributed by atoms with Crippen molar-refractivity contribution in [3.05, 3.63) is 56.7 Å². The highest BCUT2D eigenvalue weighted by Gasteiger charge is 2.08. The molecular weight excluding hydrogens is 379 g/mol. The van der Waals surface area contributed by atoms with Crippen LogP contribution in [0.2, 0.25) is 0 Å². The lowest BCUT2D eigenvalue weighted by molar-refractivity contribution is 0.199. The van der Waals surface area contributed by atoms with E-state index in [0.29, 0.717) is 20.4 Å². The van der Waals surface area contributed by atoms with E-state index in [1.165, 1.54) is 6.07 Å². The maximum atomic E-state index is 13.4.